The zero-order chi connectivity index (χ0) is 14.7. The lowest BCUT2D eigenvalue weighted by Crippen LogP contribution is -2.32. The molecule has 1 aromatic rings. The molecule has 2 rings (SSSR count). The third-order valence-corrected chi connectivity index (χ3v) is 5.06. The molecule has 0 radical (unpaired) electrons. The Morgan fingerprint density at radius 3 is 2.65 bits per heavy atom. The van der Waals surface area contributed by atoms with Crippen LogP contribution in [0.25, 0.3) is 0 Å². The topological polar surface area (TPSA) is 37.3 Å². The number of carbonyl (C=O) groups is 1. The third-order valence-electron chi connectivity index (χ3n) is 5.06. The Morgan fingerprint density at radius 1 is 1.30 bits per heavy atom. The van der Waals surface area contributed by atoms with Crippen molar-refractivity contribution in [2.75, 3.05) is 0 Å². The van der Waals surface area contributed by atoms with Gasteiger partial charge in [-0.05, 0) is 49.5 Å². The van der Waals surface area contributed by atoms with Gasteiger partial charge in [0, 0.05) is 0 Å². The molecule has 0 aromatic heterocycles. The summed E-state index contributed by atoms with van der Waals surface area (Å²) >= 11 is 0. The molecular weight excluding hydrogens is 248 g/mol. The average molecular weight is 274 g/mol. The van der Waals surface area contributed by atoms with E-state index in [4.69, 9.17) is 0 Å². The Hall–Kier alpha value is -1.31. The van der Waals surface area contributed by atoms with Gasteiger partial charge in [-0.25, -0.2) is 0 Å². The van der Waals surface area contributed by atoms with E-state index in [2.05, 4.69) is 39.0 Å². The number of hydrogen-bond acceptors (Lipinski definition) is 1. The van der Waals surface area contributed by atoms with Crippen LogP contribution in [0, 0.1) is 30.6 Å². The van der Waals surface area contributed by atoms with E-state index in [-0.39, 0.29) is 5.92 Å². The molecule has 0 spiro atoms. The SMILES string of the molecule is Cc1cccc(CC(C(=O)O)C2CCC(C)C(C)C2)c1. The molecule has 1 saturated carbocycles. The van der Waals surface area contributed by atoms with Gasteiger partial charge in [-0.3, -0.25) is 4.79 Å². The molecule has 1 aromatic carbocycles. The van der Waals surface area contributed by atoms with Crippen molar-refractivity contribution in [2.45, 2.75) is 46.5 Å². The zero-order valence-electron chi connectivity index (χ0n) is 12.8. The second-order valence-corrected chi connectivity index (χ2v) is 6.67. The van der Waals surface area contributed by atoms with E-state index in [9.17, 15) is 9.90 Å². The first-order valence-corrected chi connectivity index (χ1v) is 7.75. The second-order valence-electron chi connectivity index (χ2n) is 6.67. The van der Waals surface area contributed by atoms with Crippen LogP contribution in [0.3, 0.4) is 0 Å². The lowest BCUT2D eigenvalue weighted by molar-refractivity contribution is -0.144. The van der Waals surface area contributed by atoms with Crippen LogP contribution in [0.1, 0.15) is 44.2 Å². The van der Waals surface area contributed by atoms with Gasteiger partial charge in [-0.1, -0.05) is 50.1 Å². The first-order chi connectivity index (χ1) is 9.47. The fourth-order valence-electron chi connectivity index (χ4n) is 3.50. The molecule has 4 unspecified atom stereocenters. The summed E-state index contributed by atoms with van der Waals surface area (Å²) in [6.45, 7) is 6.61. The molecule has 2 heteroatoms. The Balaban J connectivity index is 2.09. The molecule has 0 saturated heterocycles. The van der Waals surface area contributed by atoms with Crippen molar-refractivity contribution in [3.63, 3.8) is 0 Å². The van der Waals surface area contributed by atoms with Crippen molar-refractivity contribution in [2.24, 2.45) is 23.7 Å². The minimum absolute atomic E-state index is 0.230. The number of carboxylic acids is 1. The van der Waals surface area contributed by atoms with Gasteiger partial charge < -0.3 is 5.11 Å². The number of aryl methyl sites for hydroxylation is 1. The molecule has 1 aliphatic carbocycles. The van der Waals surface area contributed by atoms with Crippen LogP contribution < -0.4 is 0 Å². The van der Waals surface area contributed by atoms with Gasteiger partial charge in [-0.15, -0.1) is 0 Å². The first-order valence-electron chi connectivity index (χ1n) is 7.75. The molecule has 1 fully saturated rings. The molecule has 0 bridgehead atoms. The predicted molar refractivity (Wildman–Crippen MR) is 81.7 cm³/mol. The second kappa shape index (κ2) is 6.43. The summed E-state index contributed by atoms with van der Waals surface area (Å²) in [4.78, 5) is 11.7. The van der Waals surface area contributed by atoms with Crippen LogP contribution in [0.15, 0.2) is 24.3 Å². The van der Waals surface area contributed by atoms with E-state index in [1.807, 2.05) is 6.07 Å². The fourth-order valence-corrected chi connectivity index (χ4v) is 3.50. The monoisotopic (exact) mass is 274 g/mol. The molecule has 2 nitrogen and oxygen atoms in total. The maximum absolute atomic E-state index is 11.7. The highest BCUT2D eigenvalue weighted by atomic mass is 16.4. The minimum atomic E-state index is -0.627. The Kier molecular flexibility index (Phi) is 4.85. The van der Waals surface area contributed by atoms with Gasteiger partial charge in [0.2, 0.25) is 0 Å². The molecular formula is C18H26O2. The molecule has 20 heavy (non-hydrogen) atoms. The smallest absolute Gasteiger partial charge is 0.307 e. The normalized spacial score (nSPS) is 28.1. The Labute approximate surface area is 122 Å². The summed E-state index contributed by atoms with van der Waals surface area (Å²) in [6.07, 6.45) is 3.96. The zero-order valence-corrected chi connectivity index (χ0v) is 12.8. The van der Waals surface area contributed by atoms with Gasteiger partial charge in [0.25, 0.3) is 0 Å². The van der Waals surface area contributed by atoms with E-state index < -0.39 is 5.97 Å². The van der Waals surface area contributed by atoms with Gasteiger partial charge in [0.05, 0.1) is 5.92 Å². The van der Waals surface area contributed by atoms with Crippen LogP contribution in [-0.2, 0) is 11.2 Å². The Bertz CT molecular complexity index is 466. The number of aliphatic carboxylic acids is 1. The van der Waals surface area contributed by atoms with Crippen molar-refractivity contribution in [3.8, 4) is 0 Å². The van der Waals surface area contributed by atoms with Crippen LogP contribution in [0.4, 0.5) is 0 Å². The molecule has 0 aliphatic heterocycles. The third kappa shape index (κ3) is 3.62. The summed E-state index contributed by atoms with van der Waals surface area (Å²) in [5, 5.41) is 9.61. The number of rotatable bonds is 4. The average Bonchev–Trinajstić information content (AvgIpc) is 2.39. The van der Waals surface area contributed by atoms with E-state index in [0.29, 0.717) is 18.3 Å². The largest absolute Gasteiger partial charge is 0.481 e. The lowest BCUT2D eigenvalue weighted by Gasteiger charge is -2.35. The van der Waals surface area contributed by atoms with Crippen LogP contribution in [-0.4, -0.2) is 11.1 Å². The van der Waals surface area contributed by atoms with Crippen LogP contribution in [0.2, 0.25) is 0 Å². The summed E-state index contributed by atoms with van der Waals surface area (Å²) in [5.74, 6) is 0.858. The van der Waals surface area contributed by atoms with Crippen LogP contribution in [0.5, 0.6) is 0 Å². The van der Waals surface area contributed by atoms with Crippen molar-refractivity contribution in [3.05, 3.63) is 35.4 Å². The predicted octanol–water partition coefficient (Wildman–Crippen LogP) is 4.31. The van der Waals surface area contributed by atoms with Crippen molar-refractivity contribution in [1.82, 2.24) is 0 Å². The standard InChI is InChI=1S/C18H26O2/c1-12-5-4-6-15(9-12)11-17(18(19)20)16-8-7-13(2)14(3)10-16/h4-6,9,13-14,16-17H,7-8,10-11H2,1-3H3,(H,19,20). The van der Waals surface area contributed by atoms with E-state index in [1.54, 1.807) is 0 Å². The summed E-state index contributed by atoms with van der Waals surface area (Å²) < 4.78 is 0. The van der Waals surface area contributed by atoms with Gasteiger partial charge in [0.15, 0.2) is 0 Å². The maximum atomic E-state index is 11.7. The molecule has 4 atom stereocenters. The van der Waals surface area contributed by atoms with Gasteiger partial charge in [-0.2, -0.15) is 0 Å². The van der Waals surface area contributed by atoms with E-state index >= 15 is 0 Å². The maximum Gasteiger partial charge on any atom is 0.307 e. The van der Waals surface area contributed by atoms with Gasteiger partial charge in [0.1, 0.15) is 0 Å². The Morgan fingerprint density at radius 2 is 2.05 bits per heavy atom. The molecule has 1 N–H and O–H groups in total. The van der Waals surface area contributed by atoms with Crippen molar-refractivity contribution < 1.29 is 9.90 Å². The van der Waals surface area contributed by atoms with E-state index in [0.717, 1.165) is 24.3 Å². The fraction of sp³-hybridized carbons (Fsp3) is 0.611. The number of hydrogen-bond donors (Lipinski definition) is 1. The van der Waals surface area contributed by atoms with Crippen LogP contribution >= 0.6 is 0 Å². The first kappa shape index (κ1) is 15.1. The van der Waals surface area contributed by atoms with Crippen molar-refractivity contribution in [1.29, 1.82) is 0 Å². The molecule has 1 aliphatic rings. The number of carboxylic acid groups (broad SMARTS) is 1. The minimum Gasteiger partial charge on any atom is -0.481 e. The summed E-state index contributed by atoms with van der Waals surface area (Å²) in [7, 11) is 0. The molecule has 0 heterocycles. The quantitative estimate of drug-likeness (QED) is 0.888. The molecule has 0 amide bonds. The summed E-state index contributed by atoms with van der Waals surface area (Å²) in [6, 6.07) is 8.25. The molecule has 110 valence electrons. The highest BCUT2D eigenvalue weighted by molar-refractivity contribution is 5.70. The highest BCUT2D eigenvalue weighted by Crippen LogP contribution is 2.38. The highest BCUT2D eigenvalue weighted by Gasteiger charge is 2.33. The van der Waals surface area contributed by atoms with E-state index in [1.165, 1.54) is 12.0 Å². The van der Waals surface area contributed by atoms with Gasteiger partial charge >= 0.3 is 5.97 Å². The summed E-state index contributed by atoms with van der Waals surface area (Å²) in [5.41, 5.74) is 2.36. The van der Waals surface area contributed by atoms with Crippen molar-refractivity contribution >= 4 is 5.97 Å². The number of benzene rings is 1. The lowest BCUT2D eigenvalue weighted by atomic mass is 9.70.